The van der Waals surface area contributed by atoms with Crippen LogP contribution in [0.2, 0.25) is 0 Å². The fourth-order valence-corrected chi connectivity index (χ4v) is 8.94. The molecule has 0 N–H and O–H groups in total. The van der Waals surface area contributed by atoms with E-state index in [1.165, 1.54) is 36.5 Å². The molecule has 244 valence electrons. The van der Waals surface area contributed by atoms with Gasteiger partial charge < -0.3 is 13.9 Å². The van der Waals surface area contributed by atoms with E-state index >= 15 is 0 Å². The van der Waals surface area contributed by atoms with Crippen molar-refractivity contribution in [2.75, 3.05) is 4.90 Å². The second-order valence-electron chi connectivity index (χ2n) is 13.2. The molecule has 0 bridgehead atoms. The number of benzene rings is 8. The van der Waals surface area contributed by atoms with Crippen LogP contribution in [0.1, 0.15) is 0 Å². The molecule has 4 nitrogen and oxygen atoms in total. The fourth-order valence-electron chi connectivity index (χ4n) is 7.80. The van der Waals surface area contributed by atoms with Gasteiger partial charge in [0.1, 0.15) is 5.52 Å². The maximum atomic E-state index is 6.24. The molecule has 0 saturated heterocycles. The number of rotatable bonds is 5. The van der Waals surface area contributed by atoms with E-state index in [2.05, 4.69) is 149 Å². The number of nitrogens with zero attached hydrogens (tertiary/aromatic N) is 3. The highest BCUT2D eigenvalue weighted by atomic mass is 32.1. The summed E-state index contributed by atoms with van der Waals surface area (Å²) in [5.74, 6) is 0.632. The molecule has 0 aliphatic rings. The highest BCUT2D eigenvalue weighted by Crippen LogP contribution is 2.43. The molecule has 0 atom stereocenters. The van der Waals surface area contributed by atoms with Crippen LogP contribution in [-0.4, -0.2) is 9.55 Å². The van der Waals surface area contributed by atoms with Gasteiger partial charge in [-0.05, 0) is 90.3 Å². The predicted octanol–water partition coefficient (Wildman–Crippen LogP) is 13.6. The molecule has 3 heterocycles. The second-order valence-corrected chi connectivity index (χ2v) is 14.3. The van der Waals surface area contributed by atoms with Gasteiger partial charge in [0, 0.05) is 64.6 Å². The first-order chi connectivity index (χ1) is 25.8. The van der Waals surface area contributed by atoms with Crippen LogP contribution in [0.25, 0.3) is 81.0 Å². The van der Waals surface area contributed by atoms with Gasteiger partial charge in [0.2, 0.25) is 5.89 Å². The normalized spacial score (nSPS) is 11.8. The summed E-state index contributed by atoms with van der Waals surface area (Å²) in [5.41, 5.74) is 9.37. The minimum atomic E-state index is 0.632. The summed E-state index contributed by atoms with van der Waals surface area (Å²) in [6.07, 6.45) is 0. The van der Waals surface area contributed by atoms with Crippen LogP contribution >= 0.6 is 11.3 Å². The maximum Gasteiger partial charge on any atom is 0.227 e. The molecule has 0 aliphatic heterocycles. The van der Waals surface area contributed by atoms with E-state index in [0.29, 0.717) is 5.89 Å². The summed E-state index contributed by atoms with van der Waals surface area (Å²) in [6, 6.07) is 62.7. The van der Waals surface area contributed by atoms with Gasteiger partial charge in [-0.3, -0.25) is 0 Å². The Labute approximate surface area is 303 Å². The van der Waals surface area contributed by atoms with Gasteiger partial charge in [-0.2, -0.15) is 0 Å². The molecule has 52 heavy (non-hydrogen) atoms. The zero-order valence-corrected chi connectivity index (χ0v) is 28.7. The fraction of sp³-hybridized carbons (Fsp3) is 0. The van der Waals surface area contributed by atoms with Crippen molar-refractivity contribution in [2.45, 2.75) is 0 Å². The number of aromatic nitrogens is 2. The number of thiophene rings is 1. The highest BCUT2D eigenvalue weighted by molar-refractivity contribution is 7.25. The van der Waals surface area contributed by atoms with Gasteiger partial charge in [0.05, 0.1) is 11.0 Å². The lowest BCUT2D eigenvalue weighted by Gasteiger charge is -2.26. The molecule has 0 radical (unpaired) electrons. The molecule has 0 aliphatic carbocycles. The van der Waals surface area contributed by atoms with Crippen LogP contribution < -0.4 is 4.90 Å². The van der Waals surface area contributed by atoms with Crippen LogP contribution in [0.15, 0.2) is 180 Å². The summed E-state index contributed by atoms with van der Waals surface area (Å²) in [7, 11) is 0. The molecule has 0 unspecified atom stereocenters. The zero-order chi connectivity index (χ0) is 34.2. The van der Waals surface area contributed by atoms with E-state index in [1.807, 2.05) is 47.7 Å². The van der Waals surface area contributed by atoms with Crippen molar-refractivity contribution in [3.05, 3.63) is 176 Å². The summed E-state index contributed by atoms with van der Waals surface area (Å²) < 4.78 is 11.2. The number of oxazole rings is 1. The minimum absolute atomic E-state index is 0.632. The van der Waals surface area contributed by atoms with E-state index in [0.717, 1.165) is 55.7 Å². The van der Waals surface area contributed by atoms with Gasteiger partial charge in [0.15, 0.2) is 5.58 Å². The Morgan fingerprint density at radius 1 is 0.481 bits per heavy atom. The minimum Gasteiger partial charge on any atom is -0.436 e. The molecule has 0 fully saturated rings. The van der Waals surface area contributed by atoms with Crippen molar-refractivity contribution in [3.8, 4) is 17.1 Å². The Balaban J connectivity index is 1.14. The van der Waals surface area contributed by atoms with E-state index in [4.69, 9.17) is 9.40 Å². The zero-order valence-electron chi connectivity index (χ0n) is 27.9. The Kier molecular flexibility index (Phi) is 6.39. The Morgan fingerprint density at radius 3 is 1.96 bits per heavy atom. The molecular formula is C47H29N3OS. The van der Waals surface area contributed by atoms with Gasteiger partial charge >= 0.3 is 0 Å². The number of hydrogen-bond donors (Lipinski definition) is 0. The predicted molar refractivity (Wildman–Crippen MR) is 219 cm³/mol. The second kappa shape index (κ2) is 11.4. The van der Waals surface area contributed by atoms with Crippen LogP contribution in [0.4, 0.5) is 17.1 Å². The van der Waals surface area contributed by atoms with Gasteiger partial charge in [-0.15, -0.1) is 11.3 Å². The molecule has 0 amide bonds. The topological polar surface area (TPSA) is 34.2 Å². The summed E-state index contributed by atoms with van der Waals surface area (Å²) in [6.45, 7) is 0. The number of anilines is 3. The lowest BCUT2D eigenvalue weighted by atomic mass is 10.1. The average molecular weight is 684 g/mol. The monoisotopic (exact) mass is 683 g/mol. The van der Waals surface area contributed by atoms with Crippen LogP contribution in [0.3, 0.4) is 0 Å². The van der Waals surface area contributed by atoms with Crippen molar-refractivity contribution in [3.63, 3.8) is 0 Å². The number of para-hydroxylation sites is 2. The van der Waals surface area contributed by atoms with E-state index in [-0.39, 0.29) is 0 Å². The summed E-state index contributed by atoms with van der Waals surface area (Å²) in [5, 5.41) is 7.21. The first-order valence-corrected chi connectivity index (χ1v) is 18.3. The third-order valence-electron chi connectivity index (χ3n) is 10.2. The maximum absolute atomic E-state index is 6.24. The van der Waals surface area contributed by atoms with Crippen molar-refractivity contribution in [1.29, 1.82) is 0 Å². The summed E-state index contributed by atoms with van der Waals surface area (Å²) >= 11 is 1.84. The van der Waals surface area contributed by atoms with Crippen molar-refractivity contribution < 1.29 is 4.42 Å². The quantitative estimate of drug-likeness (QED) is 0.181. The standard InChI is InChI=1S/C47H29N3OS/c1-3-11-30(12-4-1)47-48-46-36-23-20-33(27-31(36)19-26-43(46)51-47)49(35-22-25-40-39-16-8-10-18-44(39)52-45(40)29-35)34-21-24-38-37-15-7-9-17-41(37)50(42(38)28-34)32-13-5-2-6-14-32/h1-29H. The molecule has 11 rings (SSSR count). The molecule has 0 spiro atoms. The average Bonchev–Trinajstić information content (AvgIpc) is 3.90. The van der Waals surface area contributed by atoms with Gasteiger partial charge in [-0.25, -0.2) is 4.98 Å². The third kappa shape index (κ3) is 4.50. The molecular weight excluding hydrogens is 655 g/mol. The first-order valence-electron chi connectivity index (χ1n) is 17.5. The first kappa shape index (κ1) is 29.1. The van der Waals surface area contributed by atoms with Crippen LogP contribution in [0, 0.1) is 0 Å². The van der Waals surface area contributed by atoms with E-state index < -0.39 is 0 Å². The molecule has 8 aromatic carbocycles. The highest BCUT2D eigenvalue weighted by Gasteiger charge is 2.20. The SMILES string of the molecule is c1ccc(-c2nc3c(ccc4cc(N(c5ccc6c(c5)sc5ccccc56)c5ccc6c7ccccc7n(-c7ccccc7)c6c5)ccc43)o2)cc1. The lowest BCUT2D eigenvalue weighted by molar-refractivity contribution is 0.620. The van der Waals surface area contributed by atoms with Crippen LogP contribution in [0.5, 0.6) is 0 Å². The van der Waals surface area contributed by atoms with E-state index in [1.54, 1.807) is 0 Å². The van der Waals surface area contributed by atoms with Crippen LogP contribution in [-0.2, 0) is 0 Å². The van der Waals surface area contributed by atoms with E-state index in [9.17, 15) is 0 Å². The molecule has 3 aromatic heterocycles. The van der Waals surface area contributed by atoms with Gasteiger partial charge in [0.25, 0.3) is 0 Å². The molecule has 5 heteroatoms. The number of fused-ring (bicyclic) bond motifs is 9. The van der Waals surface area contributed by atoms with Gasteiger partial charge in [-0.1, -0.05) is 91.0 Å². The smallest absolute Gasteiger partial charge is 0.227 e. The van der Waals surface area contributed by atoms with Crippen molar-refractivity contribution in [1.82, 2.24) is 9.55 Å². The van der Waals surface area contributed by atoms with Crippen molar-refractivity contribution >= 4 is 92.2 Å². The largest absolute Gasteiger partial charge is 0.436 e. The Morgan fingerprint density at radius 2 is 1.12 bits per heavy atom. The lowest BCUT2D eigenvalue weighted by Crippen LogP contribution is -2.10. The Hall–Kier alpha value is -6.69. The molecule has 11 aromatic rings. The summed E-state index contributed by atoms with van der Waals surface area (Å²) in [4.78, 5) is 7.36. The third-order valence-corrected chi connectivity index (χ3v) is 11.3. The Bertz CT molecular complexity index is 3140. The number of hydrogen-bond acceptors (Lipinski definition) is 4. The van der Waals surface area contributed by atoms with Crippen molar-refractivity contribution in [2.24, 2.45) is 0 Å². The molecule has 0 saturated carbocycles.